The van der Waals surface area contributed by atoms with Gasteiger partial charge in [0, 0.05) is 21.1 Å². The third-order valence-corrected chi connectivity index (χ3v) is 1.42. The van der Waals surface area contributed by atoms with Crippen LogP contribution in [-0.4, -0.2) is 4.98 Å². The van der Waals surface area contributed by atoms with Crippen LogP contribution in [0.25, 0.3) is 0 Å². The molecule has 0 atom stereocenters. The quantitative estimate of drug-likeness (QED) is 0.762. The Bertz CT molecular complexity index is 210. The van der Waals surface area contributed by atoms with Gasteiger partial charge in [-0.25, -0.2) is 0 Å². The summed E-state index contributed by atoms with van der Waals surface area (Å²) in [7, 11) is 0. The zero-order chi connectivity index (χ0) is 7.40. The Labute approximate surface area is 82.5 Å². The van der Waals surface area contributed by atoms with Gasteiger partial charge in [0.1, 0.15) is 0 Å². The minimum absolute atomic E-state index is 0. The van der Waals surface area contributed by atoms with Gasteiger partial charge < -0.3 is 4.98 Å². The first-order valence-electron chi connectivity index (χ1n) is 3.66. The molecule has 0 saturated carbocycles. The van der Waals surface area contributed by atoms with Crippen molar-refractivity contribution in [2.45, 2.75) is 26.7 Å². The topological polar surface area (TPSA) is 12.9 Å². The Kier molecular flexibility index (Phi) is 5.40. The molecule has 0 aliphatic carbocycles. The van der Waals surface area contributed by atoms with E-state index in [1.807, 2.05) is 13.0 Å². The van der Waals surface area contributed by atoms with E-state index >= 15 is 0 Å². The van der Waals surface area contributed by atoms with Crippen molar-refractivity contribution in [2.24, 2.45) is 0 Å². The molecule has 0 radical (unpaired) electrons. The van der Waals surface area contributed by atoms with Crippen molar-refractivity contribution in [1.82, 2.24) is 4.98 Å². The van der Waals surface area contributed by atoms with Gasteiger partial charge in [0.15, 0.2) is 0 Å². The molecule has 1 heterocycles. The van der Waals surface area contributed by atoms with Crippen molar-refractivity contribution in [2.75, 3.05) is 0 Å². The molecule has 0 aromatic carbocycles. The van der Waals surface area contributed by atoms with E-state index in [-0.39, 0.29) is 21.1 Å². The molecule has 0 amide bonds. The van der Waals surface area contributed by atoms with Crippen LogP contribution in [-0.2, 0) is 27.5 Å². The van der Waals surface area contributed by atoms with Crippen LogP contribution in [0.15, 0.2) is 12.1 Å². The summed E-state index contributed by atoms with van der Waals surface area (Å²) in [5.41, 5.74) is 2.40. The molecule has 0 bridgehead atoms. The van der Waals surface area contributed by atoms with Gasteiger partial charge in [-0.3, -0.25) is 0 Å². The maximum Gasteiger partial charge on any atom is 0 e. The fraction of sp³-hybridized carbons (Fsp3) is 0.444. The van der Waals surface area contributed by atoms with Crippen molar-refractivity contribution in [3.05, 3.63) is 29.6 Å². The van der Waals surface area contributed by atoms with Gasteiger partial charge in [0.2, 0.25) is 0 Å². The van der Waals surface area contributed by atoms with Crippen LogP contribution >= 0.6 is 0 Å². The fourth-order valence-corrected chi connectivity index (χ4v) is 0.992. The first-order valence-corrected chi connectivity index (χ1v) is 3.66. The molecule has 0 fully saturated rings. The van der Waals surface area contributed by atoms with Crippen LogP contribution in [0, 0.1) is 13.1 Å². The van der Waals surface area contributed by atoms with E-state index in [0.29, 0.717) is 0 Å². The number of hydrogen-bond acceptors (Lipinski definition) is 1. The van der Waals surface area contributed by atoms with Gasteiger partial charge in [0.25, 0.3) is 0 Å². The van der Waals surface area contributed by atoms with Gasteiger partial charge in [-0.05, 0) is 0 Å². The molecule has 11 heavy (non-hydrogen) atoms. The molecular weight excluding hydrogens is 306 g/mol. The van der Waals surface area contributed by atoms with E-state index in [0.717, 1.165) is 12.1 Å². The van der Waals surface area contributed by atoms with Gasteiger partial charge in [-0.2, -0.15) is 11.6 Å². The molecule has 0 unspecified atom stereocenters. The Morgan fingerprint density at radius 2 is 2.27 bits per heavy atom. The Morgan fingerprint density at radius 1 is 1.55 bits per heavy atom. The second kappa shape index (κ2) is 5.48. The maximum absolute atomic E-state index is 4.00. The van der Waals surface area contributed by atoms with Gasteiger partial charge in [0.05, 0.1) is 0 Å². The molecule has 1 aromatic rings. The summed E-state index contributed by atoms with van der Waals surface area (Å²) in [5, 5.41) is 0. The summed E-state index contributed by atoms with van der Waals surface area (Å²) in [6.45, 7) is 4.17. The van der Waals surface area contributed by atoms with E-state index in [9.17, 15) is 0 Å². The standard InChI is InChI=1S/C9H12N.W/c1-3-4-9-5-6-10-8(2)7-9;/h5,7H,3-4H2,1-2H3;/q-1;. The van der Waals surface area contributed by atoms with E-state index in [4.69, 9.17) is 0 Å². The molecule has 0 N–H and O–H groups in total. The van der Waals surface area contributed by atoms with Crippen LogP contribution in [0.4, 0.5) is 0 Å². The van der Waals surface area contributed by atoms with Gasteiger partial charge >= 0.3 is 0 Å². The van der Waals surface area contributed by atoms with E-state index in [1.165, 1.54) is 12.0 Å². The number of pyridine rings is 1. The predicted octanol–water partition coefficient (Wildman–Crippen LogP) is 2.14. The molecule has 0 aliphatic rings. The Hall–Kier alpha value is -0.162. The van der Waals surface area contributed by atoms with Crippen LogP contribution in [0.2, 0.25) is 0 Å². The second-order valence-corrected chi connectivity index (χ2v) is 2.50. The molecule has 1 aromatic heterocycles. The number of hydrogen-bond donors (Lipinski definition) is 0. The minimum atomic E-state index is 0. The number of nitrogens with zero attached hydrogens (tertiary/aromatic N) is 1. The van der Waals surface area contributed by atoms with Crippen molar-refractivity contribution in [3.63, 3.8) is 0 Å². The normalized spacial score (nSPS) is 8.91. The number of aryl methyl sites for hydroxylation is 2. The SMILES string of the molecule is CCCc1c[c-]nc(C)c1.[W]. The molecule has 2 heteroatoms. The van der Waals surface area contributed by atoms with Crippen molar-refractivity contribution in [3.8, 4) is 0 Å². The summed E-state index contributed by atoms with van der Waals surface area (Å²) in [6, 6.07) is 4.07. The monoisotopic (exact) mass is 318 g/mol. The molecule has 0 spiro atoms. The zero-order valence-corrected chi connectivity index (χ0v) is 9.86. The van der Waals surface area contributed by atoms with E-state index in [2.05, 4.69) is 24.2 Å². The van der Waals surface area contributed by atoms with Crippen LogP contribution in [0.5, 0.6) is 0 Å². The van der Waals surface area contributed by atoms with Crippen LogP contribution in [0.3, 0.4) is 0 Å². The average Bonchev–Trinajstić information content (AvgIpc) is 1.88. The number of rotatable bonds is 2. The van der Waals surface area contributed by atoms with E-state index < -0.39 is 0 Å². The predicted molar refractivity (Wildman–Crippen MR) is 41.8 cm³/mol. The molecule has 60 valence electrons. The van der Waals surface area contributed by atoms with Gasteiger partial charge in [-0.1, -0.05) is 38.6 Å². The third kappa shape index (κ3) is 3.67. The van der Waals surface area contributed by atoms with E-state index in [1.54, 1.807) is 0 Å². The molecule has 1 nitrogen and oxygen atoms in total. The summed E-state index contributed by atoms with van der Waals surface area (Å²) >= 11 is 0. The molecule has 1 rings (SSSR count). The first-order chi connectivity index (χ1) is 4.83. The Morgan fingerprint density at radius 3 is 2.82 bits per heavy atom. The third-order valence-electron chi connectivity index (χ3n) is 1.42. The van der Waals surface area contributed by atoms with Crippen LogP contribution < -0.4 is 0 Å². The van der Waals surface area contributed by atoms with Crippen molar-refractivity contribution < 1.29 is 21.1 Å². The van der Waals surface area contributed by atoms with Crippen molar-refractivity contribution in [1.29, 1.82) is 0 Å². The summed E-state index contributed by atoms with van der Waals surface area (Å²) in [5.74, 6) is 0. The summed E-state index contributed by atoms with van der Waals surface area (Å²) in [4.78, 5) is 4.00. The molecule has 0 aliphatic heterocycles. The summed E-state index contributed by atoms with van der Waals surface area (Å²) < 4.78 is 0. The molecule has 0 saturated heterocycles. The number of aromatic nitrogens is 1. The zero-order valence-electron chi connectivity index (χ0n) is 6.92. The molecular formula is C9H12NW-. The second-order valence-electron chi connectivity index (χ2n) is 2.50. The average molecular weight is 318 g/mol. The van der Waals surface area contributed by atoms with Gasteiger partial charge in [-0.15, -0.1) is 6.07 Å². The minimum Gasteiger partial charge on any atom is -0.391 e. The van der Waals surface area contributed by atoms with Crippen molar-refractivity contribution >= 4 is 0 Å². The Balaban J connectivity index is 0.000001000. The maximum atomic E-state index is 4.00. The smallest absolute Gasteiger partial charge is 0 e. The fourth-order valence-electron chi connectivity index (χ4n) is 0.992. The summed E-state index contributed by atoms with van der Waals surface area (Å²) in [6.07, 6.45) is 5.19. The largest absolute Gasteiger partial charge is 0.391 e. The van der Waals surface area contributed by atoms with Crippen LogP contribution in [0.1, 0.15) is 24.6 Å². The first kappa shape index (κ1) is 10.8.